The van der Waals surface area contributed by atoms with E-state index in [1.165, 1.54) is 11.1 Å². The molecule has 21 heavy (non-hydrogen) atoms. The summed E-state index contributed by atoms with van der Waals surface area (Å²) in [6.45, 7) is 9.99. The van der Waals surface area contributed by atoms with Crippen molar-refractivity contribution in [1.29, 1.82) is 0 Å². The summed E-state index contributed by atoms with van der Waals surface area (Å²) in [4.78, 5) is 11.2. The lowest BCUT2D eigenvalue weighted by Gasteiger charge is -2.26. The molecule has 0 spiro atoms. The first-order chi connectivity index (χ1) is 9.99. The summed E-state index contributed by atoms with van der Waals surface area (Å²) in [5.74, 6) is 1.98. The summed E-state index contributed by atoms with van der Waals surface area (Å²) in [5.41, 5.74) is 2.64. The number of aldehydes is 1. The lowest BCUT2D eigenvalue weighted by Crippen LogP contribution is -2.17. The molecule has 0 heterocycles. The van der Waals surface area contributed by atoms with E-state index in [1.54, 1.807) is 7.11 Å². The van der Waals surface area contributed by atoms with Crippen LogP contribution in [0.3, 0.4) is 0 Å². The minimum Gasteiger partial charge on any atom is -0.494 e. The number of ether oxygens (including phenoxy) is 2. The molecule has 1 unspecified atom stereocenters. The van der Waals surface area contributed by atoms with Gasteiger partial charge in [-0.05, 0) is 43.3 Å². The maximum Gasteiger partial charge on any atom is 0.123 e. The van der Waals surface area contributed by atoms with Crippen molar-refractivity contribution >= 4 is 6.29 Å². The van der Waals surface area contributed by atoms with Gasteiger partial charge in [0.25, 0.3) is 0 Å². The summed E-state index contributed by atoms with van der Waals surface area (Å²) >= 11 is 0. The van der Waals surface area contributed by atoms with Crippen LogP contribution in [-0.4, -0.2) is 26.6 Å². The Morgan fingerprint density at radius 1 is 1.38 bits per heavy atom. The van der Waals surface area contributed by atoms with Crippen molar-refractivity contribution in [3.05, 3.63) is 23.0 Å². The first-order valence-electron chi connectivity index (χ1n) is 7.96. The smallest absolute Gasteiger partial charge is 0.123 e. The molecule has 0 saturated heterocycles. The first kappa shape index (κ1) is 18.0. The van der Waals surface area contributed by atoms with Gasteiger partial charge in [-0.3, -0.25) is 0 Å². The second-order valence-corrected chi connectivity index (χ2v) is 6.41. The maximum absolute atomic E-state index is 11.2. The Balaban J connectivity index is 2.71. The number of hydrogen-bond donors (Lipinski definition) is 0. The molecule has 0 amide bonds. The average molecular weight is 294 g/mol. The number of carbonyl (C=O) groups excluding carboxylic acids is 1. The van der Waals surface area contributed by atoms with Crippen LogP contribution in [0.15, 0.2) is 23.0 Å². The van der Waals surface area contributed by atoms with Gasteiger partial charge in [-0.1, -0.05) is 26.3 Å². The standard InChI is InChI=1S/C18H30O3/c1-13(2)17(12-19)10-16-11-18(15(4)9-14(16)3)21-8-6-7-20-5/h11-14,17H,6-10H2,1-5H3/t14?,17-/m0/s1. The van der Waals surface area contributed by atoms with Gasteiger partial charge in [0.2, 0.25) is 0 Å². The molecule has 1 rings (SSSR count). The van der Waals surface area contributed by atoms with E-state index in [-0.39, 0.29) is 5.92 Å². The van der Waals surface area contributed by atoms with Crippen molar-refractivity contribution in [2.75, 3.05) is 20.3 Å². The van der Waals surface area contributed by atoms with Gasteiger partial charge in [-0.25, -0.2) is 0 Å². The molecule has 0 fully saturated rings. The zero-order chi connectivity index (χ0) is 15.8. The SMILES string of the molecule is COCCCOC1=C(C)CC(C)C(C[C@@H](C=O)C(C)C)=C1. The highest BCUT2D eigenvalue weighted by Gasteiger charge is 2.22. The Bertz CT molecular complexity index is 393. The lowest BCUT2D eigenvalue weighted by atomic mass is 9.81. The number of allylic oxidation sites excluding steroid dienone is 3. The predicted octanol–water partition coefficient (Wildman–Crippen LogP) is 4.14. The Hall–Kier alpha value is -1.09. The molecule has 0 aromatic carbocycles. The molecule has 120 valence electrons. The number of rotatable bonds is 9. The van der Waals surface area contributed by atoms with Crippen molar-refractivity contribution in [3.8, 4) is 0 Å². The van der Waals surface area contributed by atoms with Crippen LogP contribution in [0.2, 0.25) is 0 Å². The van der Waals surface area contributed by atoms with E-state index < -0.39 is 0 Å². The van der Waals surface area contributed by atoms with Gasteiger partial charge in [0, 0.05) is 26.1 Å². The third-order valence-electron chi connectivity index (χ3n) is 4.24. The number of carbonyl (C=O) groups is 1. The lowest BCUT2D eigenvalue weighted by molar-refractivity contribution is -0.112. The van der Waals surface area contributed by atoms with Crippen molar-refractivity contribution in [1.82, 2.24) is 0 Å². The minimum absolute atomic E-state index is 0.104. The topological polar surface area (TPSA) is 35.5 Å². The quantitative estimate of drug-likeness (QED) is 0.473. The zero-order valence-electron chi connectivity index (χ0n) is 14.1. The Morgan fingerprint density at radius 2 is 2.10 bits per heavy atom. The van der Waals surface area contributed by atoms with Gasteiger partial charge in [-0.2, -0.15) is 0 Å². The van der Waals surface area contributed by atoms with E-state index in [2.05, 4.69) is 33.8 Å². The average Bonchev–Trinajstić information content (AvgIpc) is 2.44. The number of hydrogen-bond acceptors (Lipinski definition) is 3. The monoisotopic (exact) mass is 294 g/mol. The fourth-order valence-electron chi connectivity index (χ4n) is 2.65. The molecule has 0 bridgehead atoms. The van der Waals surface area contributed by atoms with Crippen LogP contribution in [0.1, 0.15) is 47.0 Å². The molecule has 1 aliphatic carbocycles. The predicted molar refractivity (Wildman–Crippen MR) is 86.0 cm³/mol. The van der Waals surface area contributed by atoms with E-state index in [0.717, 1.165) is 37.9 Å². The fourth-order valence-corrected chi connectivity index (χ4v) is 2.65. The van der Waals surface area contributed by atoms with Gasteiger partial charge in [0.15, 0.2) is 0 Å². The molecule has 3 nitrogen and oxygen atoms in total. The second-order valence-electron chi connectivity index (χ2n) is 6.41. The fraction of sp³-hybridized carbons (Fsp3) is 0.722. The highest BCUT2D eigenvalue weighted by molar-refractivity contribution is 5.55. The third-order valence-corrected chi connectivity index (χ3v) is 4.24. The number of methoxy groups -OCH3 is 1. The summed E-state index contributed by atoms with van der Waals surface area (Å²) in [5, 5.41) is 0. The molecular weight excluding hydrogens is 264 g/mol. The van der Waals surface area contributed by atoms with Crippen molar-refractivity contribution in [2.24, 2.45) is 17.8 Å². The summed E-state index contributed by atoms with van der Waals surface area (Å²) < 4.78 is 10.9. The van der Waals surface area contributed by atoms with Crippen molar-refractivity contribution < 1.29 is 14.3 Å². The molecule has 0 aromatic rings. The second kappa shape index (κ2) is 9.04. The van der Waals surface area contributed by atoms with E-state index >= 15 is 0 Å². The molecule has 0 aromatic heterocycles. The van der Waals surface area contributed by atoms with Gasteiger partial charge in [0.1, 0.15) is 12.0 Å². The first-order valence-corrected chi connectivity index (χ1v) is 7.96. The minimum atomic E-state index is 0.104. The normalized spacial score (nSPS) is 20.5. The molecular formula is C18H30O3. The molecule has 0 saturated carbocycles. The van der Waals surface area contributed by atoms with Crippen LogP contribution in [0.4, 0.5) is 0 Å². The van der Waals surface area contributed by atoms with Gasteiger partial charge in [-0.15, -0.1) is 0 Å². The Kier molecular flexibility index (Phi) is 7.73. The van der Waals surface area contributed by atoms with Crippen LogP contribution in [0.25, 0.3) is 0 Å². The highest BCUT2D eigenvalue weighted by atomic mass is 16.5. The third kappa shape index (κ3) is 5.66. The van der Waals surface area contributed by atoms with Crippen LogP contribution < -0.4 is 0 Å². The molecule has 0 radical (unpaired) electrons. The van der Waals surface area contributed by atoms with E-state index in [1.807, 2.05) is 0 Å². The molecule has 2 atom stereocenters. The summed E-state index contributed by atoms with van der Waals surface area (Å²) in [6, 6.07) is 0. The summed E-state index contributed by atoms with van der Waals surface area (Å²) in [7, 11) is 1.70. The van der Waals surface area contributed by atoms with E-state index in [0.29, 0.717) is 18.4 Å². The zero-order valence-corrected chi connectivity index (χ0v) is 14.1. The van der Waals surface area contributed by atoms with Crippen molar-refractivity contribution in [3.63, 3.8) is 0 Å². The summed E-state index contributed by atoms with van der Waals surface area (Å²) in [6.07, 6.45) is 6.03. The van der Waals surface area contributed by atoms with E-state index in [9.17, 15) is 4.79 Å². The Labute approximate surface area is 129 Å². The Morgan fingerprint density at radius 3 is 2.67 bits per heavy atom. The van der Waals surface area contributed by atoms with Crippen LogP contribution >= 0.6 is 0 Å². The van der Waals surface area contributed by atoms with Gasteiger partial charge in [0.05, 0.1) is 6.61 Å². The van der Waals surface area contributed by atoms with Crippen LogP contribution in [-0.2, 0) is 14.3 Å². The van der Waals surface area contributed by atoms with E-state index in [4.69, 9.17) is 9.47 Å². The van der Waals surface area contributed by atoms with Gasteiger partial charge < -0.3 is 14.3 Å². The largest absolute Gasteiger partial charge is 0.494 e. The van der Waals surface area contributed by atoms with Crippen molar-refractivity contribution in [2.45, 2.75) is 47.0 Å². The highest BCUT2D eigenvalue weighted by Crippen LogP contribution is 2.34. The molecule has 3 heteroatoms. The van der Waals surface area contributed by atoms with Crippen LogP contribution in [0.5, 0.6) is 0 Å². The maximum atomic E-state index is 11.2. The van der Waals surface area contributed by atoms with Crippen LogP contribution in [0, 0.1) is 17.8 Å². The molecule has 0 N–H and O–H groups in total. The van der Waals surface area contributed by atoms with Gasteiger partial charge >= 0.3 is 0 Å². The molecule has 0 aliphatic heterocycles. The molecule has 1 aliphatic rings.